The normalized spacial score (nSPS) is 11.8. The molecule has 0 aromatic heterocycles. The maximum absolute atomic E-state index is 12.0. The molecule has 0 unspecified atom stereocenters. The lowest BCUT2D eigenvalue weighted by molar-refractivity contribution is -0.144. The van der Waals surface area contributed by atoms with Crippen LogP contribution in [0, 0.1) is 0 Å². The van der Waals surface area contributed by atoms with E-state index in [0.717, 1.165) is 9.80 Å². The van der Waals surface area contributed by atoms with Crippen LogP contribution in [0.2, 0.25) is 0 Å². The summed E-state index contributed by atoms with van der Waals surface area (Å²) in [5, 5.41) is 46.2. The van der Waals surface area contributed by atoms with Crippen LogP contribution in [0.4, 0.5) is 0 Å². The molecule has 0 saturated heterocycles. The van der Waals surface area contributed by atoms with E-state index in [1.165, 1.54) is 0 Å². The van der Waals surface area contributed by atoms with Crippen molar-refractivity contribution in [1.82, 2.24) is 15.1 Å². The molecule has 1 amide bonds. The minimum absolute atomic E-state index is 0.180. The number of rotatable bonds is 16. The number of amides is 1. The van der Waals surface area contributed by atoms with Crippen LogP contribution in [0.3, 0.4) is 0 Å². The SMILES string of the molecule is O=C(O)CC[C@H](NC(=O)CN(CCN(CC(=O)O)CC(=O)O)CC(=O)O)C(=O)O. The van der Waals surface area contributed by atoms with Gasteiger partial charge in [-0.2, -0.15) is 0 Å². The number of carbonyl (C=O) groups excluding carboxylic acids is 1. The summed E-state index contributed by atoms with van der Waals surface area (Å²) >= 11 is 0. The maximum atomic E-state index is 12.0. The molecule has 29 heavy (non-hydrogen) atoms. The second kappa shape index (κ2) is 13.0. The van der Waals surface area contributed by atoms with E-state index in [0.29, 0.717) is 0 Å². The quantitative estimate of drug-likeness (QED) is 0.149. The van der Waals surface area contributed by atoms with E-state index in [1.54, 1.807) is 0 Å². The number of nitrogens with one attached hydrogen (secondary N) is 1. The van der Waals surface area contributed by atoms with E-state index in [2.05, 4.69) is 5.32 Å². The Morgan fingerprint density at radius 1 is 0.655 bits per heavy atom. The van der Waals surface area contributed by atoms with Gasteiger partial charge < -0.3 is 30.8 Å². The number of hydrogen-bond acceptors (Lipinski definition) is 8. The van der Waals surface area contributed by atoms with Gasteiger partial charge in [0.15, 0.2) is 0 Å². The summed E-state index contributed by atoms with van der Waals surface area (Å²) < 4.78 is 0. The minimum atomic E-state index is -1.49. The van der Waals surface area contributed by atoms with Gasteiger partial charge in [0, 0.05) is 19.5 Å². The first-order valence-corrected chi connectivity index (χ1v) is 8.24. The van der Waals surface area contributed by atoms with Crippen molar-refractivity contribution in [3.8, 4) is 0 Å². The first-order valence-electron chi connectivity index (χ1n) is 8.24. The third kappa shape index (κ3) is 13.5. The van der Waals surface area contributed by atoms with E-state index in [9.17, 15) is 28.8 Å². The Bertz CT molecular complexity index is 621. The van der Waals surface area contributed by atoms with Gasteiger partial charge in [-0.25, -0.2) is 4.79 Å². The molecular weight excluding hydrogens is 398 g/mol. The van der Waals surface area contributed by atoms with Crippen molar-refractivity contribution in [2.24, 2.45) is 0 Å². The predicted octanol–water partition coefficient (Wildman–Crippen LogP) is -2.72. The smallest absolute Gasteiger partial charge is 0.326 e. The molecule has 0 radical (unpaired) electrons. The molecule has 0 aromatic carbocycles. The molecule has 0 heterocycles. The molecule has 14 heteroatoms. The van der Waals surface area contributed by atoms with Crippen LogP contribution in [0.5, 0.6) is 0 Å². The molecule has 0 aliphatic heterocycles. The highest BCUT2D eigenvalue weighted by atomic mass is 16.4. The van der Waals surface area contributed by atoms with E-state index in [4.69, 9.17) is 25.5 Å². The van der Waals surface area contributed by atoms with Crippen LogP contribution in [-0.4, -0.2) is 116 Å². The van der Waals surface area contributed by atoms with Gasteiger partial charge in [0.05, 0.1) is 26.2 Å². The van der Waals surface area contributed by atoms with Crippen molar-refractivity contribution in [1.29, 1.82) is 0 Å². The highest BCUT2D eigenvalue weighted by Crippen LogP contribution is 2.00. The molecule has 0 aliphatic carbocycles. The van der Waals surface area contributed by atoms with Crippen LogP contribution in [-0.2, 0) is 28.8 Å². The standard InChI is InChI=1S/C15H23N3O11/c19-10(16-9(15(28)29)1-2-11(20)21)5-17(6-12(22)23)3-4-18(7-13(24)25)8-14(26)27/h9H,1-8H2,(H,16,19)(H,20,21)(H,22,23)(H,24,25)(H,26,27)(H,28,29)/t9-/m0/s1. The van der Waals surface area contributed by atoms with Crippen LogP contribution in [0.25, 0.3) is 0 Å². The van der Waals surface area contributed by atoms with Gasteiger partial charge >= 0.3 is 29.8 Å². The van der Waals surface area contributed by atoms with Crippen molar-refractivity contribution in [2.45, 2.75) is 18.9 Å². The van der Waals surface area contributed by atoms with E-state index < -0.39 is 74.4 Å². The zero-order valence-electron chi connectivity index (χ0n) is 15.3. The largest absolute Gasteiger partial charge is 0.481 e. The van der Waals surface area contributed by atoms with Crippen LogP contribution in [0.1, 0.15) is 12.8 Å². The molecular formula is C15H23N3O11. The summed E-state index contributed by atoms with van der Waals surface area (Å²) in [6, 6.07) is -1.49. The van der Waals surface area contributed by atoms with Crippen LogP contribution in [0.15, 0.2) is 0 Å². The predicted molar refractivity (Wildman–Crippen MR) is 92.2 cm³/mol. The Morgan fingerprint density at radius 3 is 1.41 bits per heavy atom. The average molecular weight is 421 g/mol. The molecule has 0 spiro atoms. The summed E-state index contributed by atoms with van der Waals surface area (Å²) in [6.45, 7) is -2.82. The second-order valence-electron chi connectivity index (χ2n) is 5.99. The van der Waals surface area contributed by atoms with Crippen molar-refractivity contribution in [3.05, 3.63) is 0 Å². The molecule has 0 fully saturated rings. The first-order chi connectivity index (χ1) is 13.4. The summed E-state index contributed by atoms with van der Waals surface area (Å²) in [5.41, 5.74) is 0. The van der Waals surface area contributed by atoms with Crippen molar-refractivity contribution >= 4 is 35.8 Å². The van der Waals surface area contributed by atoms with Crippen molar-refractivity contribution in [2.75, 3.05) is 39.3 Å². The molecule has 1 atom stereocenters. The fourth-order valence-corrected chi connectivity index (χ4v) is 2.25. The first kappa shape index (κ1) is 25.7. The summed E-state index contributed by atoms with van der Waals surface area (Å²) in [7, 11) is 0. The molecule has 0 aromatic rings. The highest BCUT2D eigenvalue weighted by molar-refractivity contribution is 5.85. The number of nitrogens with zero attached hydrogens (tertiary/aromatic N) is 2. The van der Waals surface area contributed by atoms with Gasteiger partial charge in [-0.3, -0.25) is 33.8 Å². The monoisotopic (exact) mass is 421 g/mol. The van der Waals surface area contributed by atoms with Gasteiger partial charge in [-0.15, -0.1) is 0 Å². The molecule has 14 nitrogen and oxygen atoms in total. The van der Waals surface area contributed by atoms with E-state index in [-0.39, 0.29) is 19.5 Å². The fraction of sp³-hybridized carbons (Fsp3) is 0.600. The molecule has 0 saturated carbocycles. The molecule has 164 valence electrons. The lowest BCUT2D eigenvalue weighted by atomic mass is 10.1. The third-order valence-corrected chi connectivity index (χ3v) is 3.46. The minimum Gasteiger partial charge on any atom is -0.481 e. The van der Waals surface area contributed by atoms with Crippen molar-refractivity contribution < 1.29 is 54.3 Å². The number of aliphatic carboxylic acids is 5. The summed E-state index contributed by atoms with van der Waals surface area (Å²) in [4.78, 5) is 68.3. The average Bonchev–Trinajstić information content (AvgIpc) is 2.54. The van der Waals surface area contributed by atoms with Gasteiger partial charge in [0.25, 0.3) is 0 Å². The lowest BCUT2D eigenvalue weighted by Gasteiger charge is -2.25. The van der Waals surface area contributed by atoms with Gasteiger partial charge in [-0.1, -0.05) is 0 Å². The topological polar surface area (TPSA) is 222 Å². The van der Waals surface area contributed by atoms with Crippen molar-refractivity contribution in [3.63, 3.8) is 0 Å². The number of carboxylic acids is 5. The molecule has 0 aliphatic rings. The Hall–Kier alpha value is -3.26. The number of carboxylic acid groups (broad SMARTS) is 5. The lowest BCUT2D eigenvalue weighted by Crippen LogP contribution is -2.48. The highest BCUT2D eigenvalue weighted by Gasteiger charge is 2.23. The number of hydrogen-bond donors (Lipinski definition) is 6. The fourth-order valence-electron chi connectivity index (χ4n) is 2.25. The summed E-state index contributed by atoms with van der Waals surface area (Å²) in [6.07, 6.45) is -0.879. The summed E-state index contributed by atoms with van der Waals surface area (Å²) in [5.74, 6) is -7.50. The van der Waals surface area contributed by atoms with E-state index in [1.807, 2.05) is 0 Å². The van der Waals surface area contributed by atoms with Crippen LogP contribution >= 0.6 is 0 Å². The van der Waals surface area contributed by atoms with Gasteiger partial charge in [0.2, 0.25) is 5.91 Å². The zero-order chi connectivity index (χ0) is 22.6. The van der Waals surface area contributed by atoms with E-state index >= 15 is 0 Å². The maximum Gasteiger partial charge on any atom is 0.326 e. The van der Waals surface area contributed by atoms with Gasteiger partial charge in [-0.05, 0) is 6.42 Å². The Kier molecular flexibility index (Phi) is 11.5. The molecule has 0 rings (SSSR count). The molecule has 0 bridgehead atoms. The second-order valence-corrected chi connectivity index (χ2v) is 5.99. The van der Waals surface area contributed by atoms with Crippen LogP contribution < -0.4 is 5.32 Å². The zero-order valence-corrected chi connectivity index (χ0v) is 15.3. The Morgan fingerprint density at radius 2 is 1.07 bits per heavy atom. The Labute approximate surface area is 164 Å². The van der Waals surface area contributed by atoms with Gasteiger partial charge in [0.1, 0.15) is 6.04 Å². The molecule has 6 N–H and O–H groups in total. The number of carbonyl (C=O) groups is 6. The third-order valence-electron chi connectivity index (χ3n) is 3.46. The Balaban J connectivity index is 4.94.